The minimum absolute atomic E-state index is 0.215. The standard InChI is InChI=1S/C16H13Cl2N3O2/c17-10-1-4-13(12(18)8-10)21-15(22)9-5-6-19-14(7-9)16(23)20-11-2-3-11/h1,4-8,11H,2-3H2,(H,20,23)(H,21,22). The van der Waals surface area contributed by atoms with Crippen molar-refractivity contribution < 1.29 is 9.59 Å². The van der Waals surface area contributed by atoms with Crippen LogP contribution in [0, 0.1) is 0 Å². The van der Waals surface area contributed by atoms with E-state index in [4.69, 9.17) is 23.2 Å². The van der Waals surface area contributed by atoms with Gasteiger partial charge in [0.2, 0.25) is 0 Å². The van der Waals surface area contributed by atoms with E-state index in [-0.39, 0.29) is 23.6 Å². The van der Waals surface area contributed by atoms with Gasteiger partial charge in [0.1, 0.15) is 5.69 Å². The minimum atomic E-state index is -0.378. The minimum Gasteiger partial charge on any atom is -0.348 e. The average Bonchev–Trinajstić information content (AvgIpc) is 3.34. The highest BCUT2D eigenvalue weighted by Gasteiger charge is 2.24. The van der Waals surface area contributed by atoms with E-state index in [0.29, 0.717) is 21.3 Å². The Bertz CT molecular complexity index is 776. The van der Waals surface area contributed by atoms with Crippen LogP contribution in [0.5, 0.6) is 0 Å². The molecule has 1 aromatic heterocycles. The summed E-state index contributed by atoms with van der Waals surface area (Å²) in [6, 6.07) is 8.01. The van der Waals surface area contributed by atoms with Gasteiger partial charge in [0.15, 0.2) is 0 Å². The molecule has 0 spiro atoms. The van der Waals surface area contributed by atoms with Crippen molar-refractivity contribution in [1.82, 2.24) is 10.3 Å². The number of pyridine rings is 1. The molecule has 118 valence electrons. The summed E-state index contributed by atoms with van der Waals surface area (Å²) in [7, 11) is 0. The van der Waals surface area contributed by atoms with Gasteiger partial charge in [-0.05, 0) is 43.2 Å². The number of carbonyl (C=O) groups is 2. The number of halogens is 2. The normalized spacial score (nSPS) is 13.5. The molecule has 2 aromatic rings. The Balaban J connectivity index is 1.75. The summed E-state index contributed by atoms with van der Waals surface area (Å²) in [6.45, 7) is 0. The van der Waals surface area contributed by atoms with Crippen LogP contribution in [0.2, 0.25) is 10.0 Å². The van der Waals surface area contributed by atoms with Crippen LogP contribution in [0.15, 0.2) is 36.5 Å². The molecule has 0 atom stereocenters. The highest BCUT2D eigenvalue weighted by Crippen LogP contribution is 2.26. The first-order valence-electron chi connectivity index (χ1n) is 7.06. The second-order valence-corrected chi connectivity index (χ2v) is 6.10. The number of anilines is 1. The molecule has 0 saturated heterocycles. The van der Waals surface area contributed by atoms with Gasteiger partial charge in [-0.15, -0.1) is 0 Å². The number of hydrogen-bond acceptors (Lipinski definition) is 3. The van der Waals surface area contributed by atoms with Crippen molar-refractivity contribution in [1.29, 1.82) is 0 Å². The monoisotopic (exact) mass is 349 g/mol. The van der Waals surface area contributed by atoms with E-state index in [9.17, 15) is 9.59 Å². The topological polar surface area (TPSA) is 71.1 Å². The number of nitrogens with zero attached hydrogens (tertiary/aromatic N) is 1. The maximum atomic E-state index is 12.3. The van der Waals surface area contributed by atoms with Crippen molar-refractivity contribution in [2.45, 2.75) is 18.9 Å². The average molecular weight is 350 g/mol. The Labute approximate surface area is 143 Å². The van der Waals surface area contributed by atoms with Gasteiger partial charge in [-0.1, -0.05) is 23.2 Å². The number of rotatable bonds is 4. The SMILES string of the molecule is O=C(Nc1ccc(Cl)cc1Cl)c1ccnc(C(=O)NC2CC2)c1. The summed E-state index contributed by atoms with van der Waals surface area (Å²) >= 11 is 11.9. The quantitative estimate of drug-likeness (QED) is 0.886. The zero-order valence-electron chi connectivity index (χ0n) is 12.0. The Hall–Kier alpha value is -2.11. The number of benzene rings is 1. The smallest absolute Gasteiger partial charge is 0.270 e. The largest absolute Gasteiger partial charge is 0.348 e. The van der Waals surface area contributed by atoms with Crippen molar-refractivity contribution in [3.05, 3.63) is 57.8 Å². The highest BCUT2D eigenvalue weighted by atomic mass is 35.5. The molecule has 0 bridgehead atoms. The molecule has 1 saturated carbocycles. The summed E-state index contributed by atoms with van der Waals surface area (Å²) in [6.07, 6.45) is 3.40. The molecule has 2 amide bonds. The Kier molecular flexibility index (Phi) is 4.50. The van der Waals surface area contributed by atoms with E-state index in [0.717, 1.165) is 12.8 Å². The fourth-order valence-electron chi connectivity index (χ4n) is 1.97. The summed E-state index contributed by atoms with van der Waals surface area (Å²) in [5, 5.41) is 6.34. The summed E-state index contributed by atoms with van der Waals surface area (Å²) in [5.41, 5.74) is 0.987. The molecule has 0 aliphatic heterocycles. The first kappa shape index (κ1) is 15.8. The molecule has 5 nitrogen and oxygen atoms in total. The van der Waals surface area contributed by atoms with Crippen LogP contribution in [0.3, 0.4) is 0 Å². The van der Waals surface area contributed by atoms with Gasteiger partial charge in [0.25, 0.3) is 11.8 Å². The molecular weight excluding hydrogens is 337 g/mol. The van der Waals surface area contributed by atoms with Crippen LogP contribution in [0.4, 0.5) is 5.69 Å². The lowest BCUT2D eigenvalue weighted by atomic mass is 10.2. The number of carbonyl (C=O) groups excluding carboxylic acids is 2. The van der Waals surface area contributed by atoms with Gasteiger partial charge >= 0.3 is 0 Å². The molecule has 7 heteroatoms. The Morgan fingerprint density at radius 2 is 1.87 bits per heavy atom. The summed E-state index contributed by atoms with van der Waals surface area (Å²) in [4.78, 5) is 28.3. The van der Waals surface area contributed by atoms with Crippen molar-refractivity contribution >= 4 is 40.7 Å². The van der Waals surface area contributed by atoms with Gasteiger partial charge in [0.05, 0.1) is 10.7 Å². The fraction of sp³-hybridized carbons (Fsp3) is 0.188. The van der Waals surface area contributed by atoms with E-state index < -0.39 is 0 Å². The number of amides is 2. The molecule has 3 rings (SSSR count). The fourth-order valence-corrected chi connectivity index (χ4v) is 2.42. The van der Waals surface area contributed by atoms with E-state index >= 15 is 0 Å². The van der Waals surface area contributed by atoms with Gasteiger partial charge in [-0.3, -0.25) is 14.6 Å². The predicted octanol–water partition coefficient (Wildman–Crippen LogP) is 3.53. The first-order chi connectivity index (χ1) is 11.0. The van der Waals surface area contributed by atoms with Crippen LogP contribution >= 0.6 is 23.2 Å². The Morgan fingerprint density at radius 3 is 2.57 bits per heavy atom. The molecular formula is C16H13Cl2N3O2. The number of nitrogens with one attached hydrogen (secondary N) is 2. The maximum Gasteiger partial charge on any atom is 0.270 e. The highest BCUT2D eigenvalue weighted by molar-refractivity contribution is 6.36. The number of aromatic nitrogens is 1. The molecule has 2 N–H and O–H groups in total. The van der Waals surface area contributed by atoms with Crippen LogP contribution in [-0.4, -0.2) is 22.8 Å². The summed E-state index contributed by atoms with van der Waals surface area (Å²) in [5.74, 6) is -0.649. The van der Waals surface area contributed by atoms with E-state index in [1.807, 2.05) is 0 Å². The molecule has 23 heavy (non-hydrogen) atoms. The molecule has 1 aromatic carbocycles. The van der Waals surface area contributed by atoms with Crippen LogP contribution in [0.25, 0.3) is 0 Å². The molecule has 1 aliphatic rings. The molecule has 1 aliphatic carbocycles. The lowest BCUT2D eigenvalue weighted by Gasteiger charge is -2.08. The predicted molar refractivity (Wildman–Crippen MR) is 89.1 cm³/mol. The number of hydrogen-bond donors (Lipinski definition) is 2. The van der Waals surface area contributed by atoms with Crippen molar-refractivity contribution in [2.75, 3.05) is 5.32 Å². The molecule has 0 unspecified atom stereocenters. The Morgan fingerprint density at radius 1 is 1.09 bits per heavy atom. The van der Waals surface area contributed by atoms with E-state index in [1.54, 1.807) is 18.2 Å². The lowest BCUT2D eigenvalue weighted by Crippen LogP contribution is -2.26. The third kappa shape index (κ3) is 4.00. The second kappa shape index (κ2) is 6.56. The molecule has 0 radical (unpaired) electrons. The van der Waals surface area contributed by atoms with Crippen LogP contribution < -0.4 is 10.6 Å². The zero-order valence-corrected chi connectivity index (χ0v) is 13.5. The van der Waals surface area contributed by atoms with E-state index in [2.05, 4.69) is 15.6 Å². The van der Waals surface area contributed by atoms with E-state index in [1.165, 1.54) is 18.3 Å². The van der Waals surface area contributed by atoms with Gasteiger partial charge in [-0.2, -0.15) is 0 Å². The van der Waals surface area contributed by atoms with Gasteiger partial charge in [0, 0.05) is 22.8 Å². The third-order valence-electron chi connectivity index (χ3n) is 3.35. The lowest BCUT2D eigenvalue weighted by molar-refractivity contribution is 0.0946. The first-order valence-corrected chi connectivity index (χ1v) is 7.82. The zero-order chi connectivity index (χ0) is 16.4. The summed E-state index contributed by atoms with van der Waals surface area (Å²) < 4.78 is 0. The van der Waals surface area contributed by atoms with Crippen molar-refractivity contribution in [3.63, 3.8) is 0 Å². The van der Waals surface area contributed by atoms with Crippen molar-refractivity contribution in [2.24, 2.45) is 0 Å². The maximum absolute atomic E-state index is 12.3. The van der Waals surface area contributed by atoms with Crippen molar-refractivity contribution in [3.8, 4) is 0 Å². The third-order valence-corrected chi connectivity index (χ3v) is 3.89. The second-order valence-electron chi connectivity index (χ2n) is 5.26. The molecule has 1 heterocycles. The van der Waals surface area contributed by atoms with Crippen LogP contribution in [-0.2, 0) is 0 Å². The van der Waals surface area contributed by atoms with Gasteiger partial charge < -0.3 is 10.6 Å². The van der Waals surface area contributed by atoms with Gasteiger partial charge in [-0.25, -0.2) is 0 Å². The van der Waals surface area contributed by atoms with Crippen LogP contribution in [0.1, 0.15) is 33.7 Å². The molecule has 1 fully saturated rings.